The Morgan fingerprint density at radius 1 is 1.36 bits per heavy atom. The molecule has 1 aromatic heterocycles. The van der Waals surface area contributed by atoms with Gasteiger partial charge < -0.3 is 5.32 Å². The second-order valence-corrected chi connectivity index (χ2v) is 10.7. The van der Waals surface area contributed by atoms with E-state index < -0.39 is 15.1 Å². The van der Waals surface area contributed by atoms with Crippen molar-refractivity contribution in [3.8, 4) is 0 Å². The molecule has 9 heteroatoms. The van der Waals surface area contributed by atoms with Crippen LogP contribution < -0.4 is 10.9 Å². The fraction of sp³-hybridized carbons (Fsp3) is 0.526. The molecule has 1 aromatic carbocycles. The molecule has 2 heterocycles. The molecule has 0 radical (unpaired) electrons. The van der Waals surface area contributed by atoms with Crippen molar-refractivity contribution in [1.29, 1.82) is 0 Å². The van der Waals surface area contributed by atoms with Crippen LogP contribution in [-0.4, -0.2) is 46.7 Å². The molecule has 0 aliphatic carbocycles. The number of rotatable bonds is 6. The average Bonchev–Trinajstić information content (AvgIpc) is 2.99. The zero-order chi connectivity index (χ0) is 20.5. The van der Waals surface area contributed by atoms with Crippen molar-refractivity contribution < 1.29 is 13.2 Å². The second kappa shape index (κ2) is 8.24. The molecular weight excluding hydrogens is 398 g/mol. The Morgan fingerprint density at radius 2 is 2.07 bits per heavy atom. The number of para-hydroxylation sites is 1. The first-order chi connectivity index (χ1) is 13.2. The van der Waals surface area contributed by atoms with E-state index in [0.717, 1.165) is 6.42 Å². The lowest BCUT2D eigenvalue weighted by molar-refractivity contribution is -0.120. The van der Waals surface area contributed by atoms with Crippen molar-refractivity contribution in [2.24, 2.45) is 0 Å². The minimum Gasteiger partial charge on any atom is -0.351 e. The Bertz CT molecular complexity index is 1050. The van der Waals surface area contributed by atoms with Gasteiger partial charge in [-0.3, -0.25) is 14.2 Å². The Morgan fingerprint density at radius 3 is 2.71 bits per heavy atom. The summed E-state index contributed by atoms with van der Waals surface area (Å²) in [6, 6.07) is 6.78. The molecule has 2 aromatic rings. The molecule has 152 valence electrons. The number of fused-ring (bicyclic) bond motifs is 1. The molecule has 1 amide bonds. The van der Waals surface area contributed by atoms with Crippen molar-refractivity contribution >= 4 is 38.4 Å². The van der Waals surface area contributed by atoms with Crippen LogP contribution in [0.3, 0.4) is 0 Å². The van der Waals surface area contributed by atoms with E-state index in [2.05, 4.69) is 10.3 Å². The lowest BCUT2D eigenvalue weighted by atomic mass is 10.2. The van der Waals surface area contributed by atoms with Gasteiger partial charge in [0, 0.05) is 12.1 Å². The van der Waals surface area contributed by atoms with Gasteiger partial charge >= 0.3 is 0 Å². The highest BCUT2D eigenvalue weighted by molar-refractivity contribution is 8.00. The number of carbonyl (C=O) groups is 1. The summed E-state index contributed by atoms with van der Waals surface area (Å²) in [7, 11) is -3.06. The van der Waals surface area contributed by atoms with Gasteiger partial charge in [0.25, 0.3) is 5.56 Å². The van der Waals surface area contributed by atoms with E-state index in [1.807, 2.05) is 26.0 Å². The standard InChI is InChI=1S/C19H25N3O4S2/c1-4-12(2)22-18(24)15-7-5-6-8-16(15)21-19(22)27-13(3)17(23)20-14-9-10-28(25,26)11-14/h5-8,12-14H,4,9-11H2,1-3H3,(H,20,23)/t12-,13+,14-/m1/s1. The Labute approximate surface area is 168 Å². The quantitative estimate of drug-likeness (QED) is 0.565. The molecule has 1 N–H and O–H groups in total. The van der Waals surface area contributed by atoms with E-state index in [1.165, 1.54) is 11.8 Å². The molecule has 0 unspecified atom stereocenters. The molecule has 1 fully saturated rings. The van der Waals surface area contributed by atoms with E-state index in [0.29, 0.717) is 22.5 Å². The molecule has 0 saturated carbocycles. The van der Waals surface area contributed by atoms with E-state index in [1.54, 1.807) is 23.6 Å². The summed E-state index contributed by atoms with van der Waals surface area (Å²) in [5.41, 5.74) is 0.487. The topological polar surface area (TPSA) is 98.1 Å². The Balaban J connectivity index is 1.86. The first kappa shape index (κ1) is 20.9. The van der Waals surface area contributed by atoms with Crippen LogP contribution in [0.1, 0.15) is 39.7 Å². The molecule has 0 bridgehead atoms. The molecule has 1 aliphatic heterocycles. The van der Waals surface area contributed by atoms with Crippen molar-refractivity contribution in [1.82, 2.24) is 14.9 Å². The van der Waals surface area contributed by atoms with Crippen molar-refractivity contribution in [2.45, 2.75) is 56.1 Å². The van der Waals surface area contributed by atoms with Crippen molar-refractivity contribution in [3.05, 3.63) is 34.6 Å². The highest BCUT2D eigenvalue weighted by atomic mass is 32.2. The molecule has 1 aliphatic rings. The van der Waals surface area contributed by atoms with Gasteiger partial charge in [-0.15, -0.1) is 0 Å². The number of thioether (sulfide) groups is 1. The molecule has 3 atom stereocenters. The maximum absolute atomic E-state index is 13.0. The van der Waals surface area contributed by atoms with Crippen LogP contribution in [-0.2, 0) is 14.6 Å². The van der Waals surface area contributed by atoms with Crippen LogP contribution in [0.15, 0.2) is 34.2 Å². The first-order valence-electron chi connectivity index (χ1n) is 9.40. The number of benzene rings is 1. The molecule has 3 rings (SSSR count). The molecule has 7 nitrogen and oxygen atoms in total. The first-order valence-corrected chi connectivity index (χ1v) is 12.1. The molecule has 28 heavy (non-hydrogen) atoms. The number of aromatic nitrogens is 2. The highest BCUT2D eigenvalue weighted by Gasteiger charge is 2.30. The maximum Gasteiger partial charge on any atom is 0.262 e. The smallest absolute Gasteiger partial charge is 0.262 e. The lowest BCUT2D eigenvalue weighted by Gasteiger charge is -2.21. The SMILES string of the molecule is CC[C@@H](C)n1c(S[C@@H](C)C(=O)N[C@@H]2CCS(=O)(=O)C2)nc2ccccc2c1=O. The van der Waals surface area contributed by atoms with Crippen LogP contribution in [0.4, 0.5) is 0 Å². The summed E-state index contributed by atoms with van der Waals surface area (Å²) in [5, 5.41) is 3.36. The number of nitrogens with one attached hydrogen (secondary N) is 1. The van der Waals surface area contributed by atoms with Gasteiger partial charge in [-0.1, -0.05) is 30.8 Å². The van der Waals surface area contributed by atoms with E-state index >= 15 is 0 Å². The lowest BCUT2D eigenvalue weighted by Crippen LogP contribution is -2.40. The predicted octanol–water partition coefficient (Wildman–Crippen LogP) is 2.15. The number of carbonyl (C=O) groups excluding carboxylic acids is 1. The zero-order valence-corrected chi connectivity index (χ0v) is 17.8. The Hall–Kier alpha value is -1.87. The number of nitrogens with zero attached hydrogens (tertiary/aromatic N) is 2. The third kappa shape index (κ3) is 4.41. The second-order valence-electron chi connectivity index (χ2n) is 7.21. The summed E-state index contributed by atoms with van der Waals surface area (Å²) in [4.78, 5) is 30.2. The third-order valence-electron chi connectivity index (χ3n) is 5.04. The van der Waals surface area contributed by atoms with Gasteiger partial charge in [0.1, 0.15) is 0 Å². The predicted molar refractivity (Wildman–Crippen MR) is 112 cm³/mol. The van der Waals surface area contributed by atoms with Gasteiger partial charge in [0.15, 0.2) is 15.0 Å². The zero-order valence-electron chi connectivity index (χ0n) is 16.2. The summed E-state index contributed by atoms with van der Waals surface area (Å²) >= 11 is 1.22. The minimum absolute atomic E-state index is 0.0120. The van der Waals surface area contributed by atoms with Crippen LogP contribution >= 0.6 is 11.8 Å². The number of sulfone groups is 1. The van der Waals surface area contributed by atoms with Gasteiger partial charge in [0.2, 0.25) is 5.91 Å². The normalized spacial score (nSPS) is 20.8. The van der Waals surface area contributed by atoms with E-state index in [9.17, 15) is 18.0 Å². The monoisotopic (exact) mass is 423 g/mol. The largest absolute Gasteiger partial charge is 0.351 e. The summed E-state index contributed by atoms with van der Waals surface area (Å²) in [6.07, 6.45) is 1.20. The molecular formula is C19H25N3O4S2. The number of amides is 1. The van der Waals surface area contributed by atoms with Crippen molar-refractivity contribution in [2.75, 3.05) is 11.5 Å². The van der Waals surface area contributed by atoms with Gasteiger partial charge in [-0.25, -0.2) is 13.4 Å². The number of hydrogen-bond donors (Lipinski definition) is 1. The van der Waals surface area contributed by atoms with E-state index in [4.69, 9.17) is 0 Å². The molecule has 0 spiro atoms. The van der Waals surface area contributed by atoms with Crippen LogP contribution in [0.2, 0.25) is 0 Å². The maximum atomic E-state index is 13.0. The van der Waals surface area contributed by atoms with Crippen LogP contribution in [0, 0.1) is 0 Å². The highest BCUT2D eigenvalue weighted by Crippen LogP contribution is 2.26. The van der Waals surface area contributed by atoms with Gasteiger partial charge in [-0.05, 0) is 38.8 Å². The summed E-state index contributed by atoms with van der Waals surface area (Å²) < 4.78 is 24.8. The summed E-state index contributed by atoms with van der Waals surface area (Å²) in [5.74, 6) is -0.147. The van der Waals surface area contributed by atoms with Gasteiger partial charge in [0.05, 0.1) is 27.7 Å². The van der Waals surface area contributed by atoms with Gasteiger partial charge in [-0.2, -0.15) is 0 Å². The Kier molecular flexibility index (Phi) is 6.14. The fourth-order valence-electron chi connectivity index (χ4n) is 3.22. The number of hydrogen-bond acceptors (Lipinski definition) is 6. The van der Waals surface area contributed by atoms with Crippen molar-refractivity contribution in [3.63, 3.8) is 0 Å². The third-order valence-corrected chi connectivity index (χ3v) is 7.87. The fourth-order valence-corrected chi connectivity index (χ4v) is 5.91. The van der Waals surface area contributed by atoms with Crippen LogP contribution in [0.5, 0.6) is 0 Å². The average molecular weight is 424 g/mol. The van der Waals surface area contributed by atoms with E-state index in [-0.39, 0.29) is 35.1 Å². The minimum atomic E-state index is -3.06. The molecule has 1 saturated heterocycles. The summed E-state index contributed by atoms with van der Waals surface area (Å²) in [6.45, 7) is 5.69. The van der Waals surface area contributed by atoms with Crippen LogP contribution in [0.25, 0.3) is 10.9 Å².